The molecule has 8 nitrogen and oxygen atoms in total. The highest BCUT2D eigenvalue weighted by Crippen LogP contribution is 2.38. The number of carbonyl (C=O) groups is 2. The van der Waals surface area contributed by atoms with E-state index < -0.39 is 5.91 Å². The molecule has 0 unspecified atom stereocenters. The Morgan fingerprint density at radius 3 is 2.10 bits per heavy atom. The topological polar surface area (TPSA) is 106 Å². The van der Waals surface area contributed by atoms with E-state index in [1.54, 1.807) is 24.3 Å². The zero-order chi connectivity index (χ0) is 21.1. The second-order valence-corrected chi connectivity index (χ2v) is 6.15. The Kier molecular flexibility index (Phi) is 5.54. The molecule has 0 radical (unpaired) electrons. The number of ketones is 1. The van der Waals surface area contributed by atoms with Crippen molar-refractivity contribution in [1.82, 2.24) is 5.43 Å². The van der Waals surface area contributed by atoms with E-state index in [2.05, 4.69) is 10.5 Å². The van der Waals surface area contributed by atoms with E-state index in [1.165, 1.54) is 40.4 Å². The van der Waals surface area contributed by atoms with Crippen LogP contribution >= 0.6 is 0 Å². The normalized spacial score (nSPS) is 13.2. The first-order valence-corrected chi connectivity index (χ1v) is 8.65. The number of hydrogen-bond acceptors (Lipinski definition) is 7. The number of aliphatic hydroxyl groups is 1. The smallest absolute Gasteiger partial charge is 0.271 e. The van der Waals surface area contributed by atoms with Gasteiger partial charge in [0.05, 0.1) is 32.6 Å². The van der Waals surface area contributed by atoms with Gasteiger partial charge in [-0.25, -0.2) is 5.43 Å². The Morgan fingerprint density at radius 2 is 1.59 bits per heavy atom. The molecule has 2 N–H and O–H groups in total. The summed E-state index contributed by atoms with van der Waals surface area (Å²) in [6, 6.07) is 9.68. The summed E-state index contributed by atoms with van der Waals surface area (Å²) in [5, 5.41) is 14.4. The number of methoxy groups -OCH3 is 3. The molecule has 0 spiro atoms. The Hall–Kier alpha value is -3.81. The molecule has 0 fully saturated rings. The minimum atomic E-state index is -0.549. The van der Waals surface area contributed by atoms with Crippen molar-refractivity contribution < 1.29 is 28.9 Å². The zero-order valence-electron chi connectivity index (χ0n) is 16.4. The summed E-state index contributed by atoms with van der Waals surface area (Å²) >= 11 is 0. The summed E-state index contributed by atoms with van der Waals surface area (Å²) in [5.41, 5.74) is 3.67. The molecule has 1 aliphatic carbocycles. The lowest BCUT2D eigenvalue weighted by Gasteiger charge is -2.13. The molecule has 0 saturated heterocycles. The van der Waals surface area contributed by atoms with Crippen LogP contribution < -0.4 is 19.6 Å². The molecule has 0 bridgehead atoms. The molecule has 150 valence electrons. The third-order valence-corrected chi connectivity index (χ3v) is 4.50. The van der Waals surface area contributed by atoms with Crippen molar-refractivity contribution in [3.05, 3.63) is 58.7 Å². The van der Waals surface area contributed by atoms with Crippen LogP contribution in [0.4, 0.5) is 0 Å². The molecule has 3 rings (SSSR count). The van der Waals surface area contributed by atoms with Crippen molar-refractivity contribution in [3.8, 4) is 17.2 Å². The molecular weight excluding hydrogens is 376 g/mol. The van der Waals surface area contributed by atoms with E-state index in [4.69, 9.17) is 14.2 Å². The van der Waals surface area contributed by atoms with Gasteiger partial charge in [0.2, 0.25) is 5.75 Å². The number of hydrazone groups is 1. The zero-order valence-corrected chi connectivity index (χ0v) is 16.4. The average molecular weight is 396 g/mol. The predicted octanol–water partition coefficient (Wildman–Crippen LogP) is 2.98. The van der Waals surface area contributed by atoms with Crippen LogP contribution in [0.25, 0.3) is 5.76 Å². The Bertz CT molecular complexity index is 1030. The quantitative estimate of drug-likeness (QED) is 0.574. The maximum Gasteiger partial charge on any atom is 0.271 e. The van der Waals surface area contributed by atoms with Crippen LogP contribution in [0, 0.1) is 0 Å². The summed E-state index contributed by atoms with van der Waals surface area (Å²) in [5.74, 6) is -0.0588. The number of aliphatic hydroxyl groups excluding tert-OH is 1. The number of allylic oxidation sites excluding steroid dienone is 1. The molecule has 29 heavy (non-hydrogen) atoms. The lowest BCUT2D eigenvalue weighted by molar-refractivity contribution is 0.0952. The highest BCUT2D eigenvalue weighted by molar-refractivity contribution is 6.35. The van der Waals surface area contributed by atoms with Crippen molar-refractivity contribution in [1.29, 1.82) is 0 Å². The Morgan fingerprint density at radius 1 is 1.00 bits per heavy atom. The number of fused-ring (bicyclic) bond motifs is 1. The van der Waals surface area contributed by atoms with Gasteiger partial charge in [0.15, 0.2) is 17.3 Å². The van der Waals surface area contributed by atoms with Crippen molar-refractivity contribution in [2.24, 2.45) is 5.10 Å². The number of Topliss-reactive ketones (excluding diaryl/α,β-unsaturated/α-hetero) is 1. The van der Waals surface area contributed by atoms with Gasteiger partial charge in [-0.2, -0.15) is 5.10 Å². The molecule has 1 amide bonds. The summed E-state index contributed by atoms with van der Waals surface area (Å²) < 4.78 is 15.7. The van der Waals surface area contributed by atoms with Crippen LogP contribution in [0.1, 0.15) is 33.2 Å². The van der Waals surface area contributed by atoms with Crippen LogP contribution in [0.2, 0.25) is 0 Å². The fraction of sp³-hybridized carbons (Fsp3) is 0.190. The van der Waals surface area contributed by atoms with Crippen molar-refractivity contribution >= 4 is 23.2 Å². The van der Waals surface area contributed by atoms with Gasteiger partial charge in [-0.3, -0.25) is 9.59 Å². The molecule has 0 heterocycles. The van der Waals surface area contributed by atoms with E-state index in [-0.39, 0.29) is 28.4 Å². The molecule has 0 atom stereocenters. The highest BCUT2D eigenvalue weighted by atomic mass is 16.5. The Labute approximate surface area is 167 Å². The standard InChI is InChI=1S/C21H20N2O6/c1-11(17-18(24)13-7-5-6-8-14(13)19(17)25)22-23-21(26)12-9-15(27-2)20(29-4)16(10-12)28-3/h5-10,24H,1-4H3,(H,23,26)/b22-11+. The van der Waals surface area contributed by atoms with Crippen molar-refractivity contribution in [2.75, 3.05) is 21.3 Å². The maximum absolute atomic E-state index is 12.5. The summed E-state index contributed by atoms with van der Waals surface area (Å²) in [6.07, 6.45) is 0. The molecule has 2 aromatic rings. The molecule has 0 aliphatic heterocycles. The van der Waals surface area contributed by atoms with Gasteiger partial charge < -0.3 is 19.3 Å². The van der Waals surface area contributed by atoms with Crippen LogP contribution in [0.3, 0.4) is 0 Å². The molecule has 1 aliphatic rings. The first-order chi connectivity index (χ1) is 13.9. The number of amides is 1. The number of ether oxygens (including phenoxy) is 3. The van der Waals surface area contributed by atoms with Crippen LogP contribution in [0.15, 0.2) is 47.1 Å². The SMILES string of the molecule is COc1cc(C(=O)N/N=C(\C)C2=C(O)c3ccccc3C2=O)cc(OC)c1OC. The molecule has 0 saturated carbocycles. The van der Waals surface area contributed by atoms with E-state index in [0.29, 0.717) is 28.4 Å². The van der Waals surface area contributed by atoms with Crippen molar-refractivity contribution in [3.63, 3.8) is 0 Å². The molecule has 8 heteroatoms. The number of nitrogens with one attached hydrogen (secondary N) is 1. The number of benzene rings is 2. The molecule has 0 aromatic heterocycles. The van der Waals surface area contributed by atoms with Gasteiger partial charge in [0.25, 0.3) is 5.91 Å². The minimum absolute atomic E-state index is 0.0522. The van der Waals surface area contributed by atoms with E-state index in [9.17, 15) is 14.7 Å². The van der Waals surface area contributed by atoms with Gasteiger partial charge in [-0.1, -0.05) is 24.3 Å². The lowest BCUT2D eigenvalue weighted by Crippen LogP contribution is -2.21. The fourth-order valence-corrected chi connectivity index (χ4v) is 3.07. The van der Waals surface area contributed by atoms with Gasteiger partial charge in [-0.15, -0.1) is 0 Å². The van der Waals surface area contributed by atoms with Crippen LogP contribution in [-0.2, 0) is 0 Å². The highest BCUT2D eigenvalue weighted by Gasteiger charge is 2.31. The van der Waals surface area contributed by atoms with Crippen molar-refractivity contribution in [2.45, 2.75) is 6.92 Å². The summed E-state index contributed by atoms with van der Waals surface area (Å²) in [7, 11) is 4.35. The van der Waals surface area contributed by atoms with E-state index in [0.717, 1.165) is 0 Å². The fourth-order valence-electron chi connectivity index (χ4n) is 3.07. The number of carbonyl (C=O) groups excluding carboxylic acids is 2. The summed E-state index contributed by atoms with van der Waals surface area (Å²) in [4.78, 5) is 25.1. The predicted molar refractivity (Wildman–Crippen MR) is 107 cm³/mol. The van der Waals surface area contributed by atoms with Gasteiger partial charge in [-0.05, 0) is 19.1 Å². The van der Waals surface area contributed by atoms with Gasteiger partial charge in [0.1, 0.15) is 5.76 Å². The second-order valence-electron chi connectivity index (χ2n) is 6.15. The third-order valence-electron chi connectivity index (χ3n) is 4.50. The largest absolute Gasteiger partial charge is 0.506 e. The number of rotatable bonds is 6. The van der Waals surface area contributed by atoms with Gasteiger partial charge >= 0.3 is 0 Å². The minimum Gasteiger partial charge on any atom is -0.506 e. The van der Waals surface area contributed by atoms with Crippen LogP contribution in [0.5, 0.6) is 17.2 Å². The molecule has 2 aromatic carbocycles. The number of nitrogens with zero attached hydrogens (tertiary/aromatic N) is 1. The Balaban J connectivity index is 1.86. The average Bonchev–Trinajstić information content (AvgIpc) is 3.01. The maximum atomic E-state index is 12.5. The summed E-state index contributed by atoms with van der Waals surface area (Å²) in [6.45, 7) is 1.53. The van der Waals surface area contributed by atoms with Gasteiger partial charge in [0, 0.05) is 16.7 Å². The monoisotopic (exact) mass is 396 g/mol. The second kappa shape index (κ2) is 8.05. The number of hydrogen-bond donors (Lipinski definition) is 2. The lowest BCUT2D eigenvalue weighted by atomic mass is 10.1. The third kappa shape index (κ3) is 3.52. The van der Waals surface area contributed by atoms with Crippen LogP contribution in [-0.4, -0.2) is 43.8 Å². The van der Waals surface area contributed by atoms with E-state index in [1.807, 2.05) is 0 Å². The van der Waals surface area contributed by atoms with E-state index >= 15 is 0 Å². The first-order valence-electron chi connectivity index (χ1n) is 8.65. The molecular formula is C21H20N2O6. The first kappa shape index (κ1) is 19.9.